The number of fused-ring (bicyclic) bond motifs is 1. The number of rotatable bonds is 3. The number of nitrogens with zero attached hydrogens (tertiary/aromatic N) is 1. The maximum absolute atomic E-state index is 12.8. The van der Waals surface area contributed by atoms with Gasteiger partial charge in [-0.15, -0.1) is 0 Å². The first-order chi connectivity index (χ1) is 14.5. The highest BCUT2D eigenvalue weighted by Crippen LogP contribution is 2.43. The molecule has 1 unspecified atom stereocenters. The summed E-state index contributed by atoms with van der Waals surface area (Å²) in [5.74, 6) is 1.14. The van der Waals surface area contributed by atoms with Crippen LogP contribution in [-0.2, 0) is 11.2 Å². The Balaban J connectivity index is 1.25. The number of carbonyl (C=O) groups excluding carboxylic acids is 2. The topological polar surface area (TPSA) is 83.8 Å². The zero-order valence-electron chi connectivity index (χ0n) is 17.2. The number of para-hydroxylation sites is 1. The smallest absolute Gasteiger partial charge is 0.289 e. The average Bonchev–Trinajstić information content (AvgIpc) is 3.34. The first kappa shape index (κ1) is 19.2. The van der Waals surface area contributed by atoms with E-state index in [9.17, 15) is 9.59 Å². The van der Waals surface area contributed by atoms with Gasteiger partial charge in [0.1, 0.15) is 11.4 Å². The number of benzene rings is 1. The second-order valence-electron chi connectivity index (χ2n) is 8.66. The van der Waals surface area contributed by atoms with E-state index >= 15 is 0 Å². The van der Waals surface area contributed by atoms with Crippen molar-refractivity contribution in [1.29, 1.82) is 0 Å². The Morgan fingerprint density at radius 2 is 1.93 bits per heavy atom. The third-order valence-electron chi connectivity index (χ3n) is 6.48. The van der Waals surface area contributed by atoms with E-state index in [1.807, 2.05) is 35.2 Å². The molecule has 0 aliphatic carbocycles. The molecule has 3 aliphatic rings. The summed E-state index contributed by atoms with van der Waals surface area (Å²) < 4.78 is 12.0. The van der Waals surface area contributed by atoms with Crippen molar-refractivity contribution in [2.24, 2.45) is 0 Å². The monoisotopic (exact) mass is 409 g/mol. The van der Waals surface area contributed by atoms with Gasteiger partial charge in [0, 0.05) is 31.6 Å². The zero-order valence-corrected chi connectivity index (χ0v) is 17.2. The number of hydrogen-bond acceptors (Lipinski definition) is 5. The molecule has 1 aromatic heterocycles. The maximum Gasteiger partial charge on any atom is 0.289 e. The number of likely N-dealkylation sites (tertiary alicyclic amines) is 1. The largest absolute Gasteiger partial charge is 0.456 e. The minimum absolute atomic E-state index is 0.0575. The lowest BCUT2D eigenvalue weighted by atomic mass is 9.84. The molecule has 7 nitrogen and oxygen atoms in total. The van der Waals surface area contributed by atoms with E-state index < -0.39 is 5.66 Å². The van der Waals surface area contributed by atoms with Crippen LogP contribution in [0.3, 0.4) is 0 Å². The van der Waals surface area contributed by atoms with E-state index in [0.717, 1.165) is 37.1 Å². The Morgan fingerprint density at radius 1 is 1.13 bits per heavy atom. The van der Waals surface area contributed by atoms with Crippen molar-refractivity contribution in [2.75, 3.05) is 25.0 Å². The number of ether oxygens (including phenoxy) is 1. The first-order valence-corrected chi connectivity index (χ1v) is 10.7. The molecule has 158 valence electrons. The molecular weight excluding hydrogens is 382 g/mol. The van der Waals surface area contributed by atoms with Gasteiger partial charge in [0.05, 0.1) is 17.8 Å². The minimum Gasteiger partial charge on any atom is -0.456 e. The number of aryl methyl sites for hydroxylation is 1. The number of amides is 2. The van der Waals surface area contributed by atoms with Crippen LogP contribution in [0.5, 0.6) is 0 Å². The van der Waals surface area contributed by atoms with E-state index in [1.165, 1.54) is 0 Å². The van der Waals surface area contributed by atoms with Crippen LogP contribution in [0.1, 0.15) is 59.3 Å². The Labute approximate surface area is 175 Å². The molecule has 2 amide bonds. The highest BCUT2D eigenvalue weighted by Gasteiger charge is 2.53. The van der Waals surface area contributed by atoms with Gasteiger partial charge in [0.15, 0.2) is 5.76 Å². The van der Waals surface area contributed by atoms with Gasteiger partial charge in [0.2, 0.25) is 0 Å². The van der Waals surface area contributed by atoms with Crippen molar-refractivity contribution in [2.45, 2.75) is 50.3 Å². The minimum atomic E-state index is -0.590. The normalized spacial score (nSPS) is 24.6. The van der Waals surface area contributed by atoms with Crippen LogP contribution in [0.4, 0.5) is 5.69 Å². The van der Waals surface area contributed by atoms with Gasteiger partial charge in [-0.25, -0.2) is 0 Å². The lowest BCUT2D eigenvalue weighted by Gasteiger charge is -2.40. The predicted molar refractivity (Wildman–Crippen MR) is 111 cm³/mol. The van der Waals surface area contributed by atoms with Gasteiger partial charge < -0.3 is 24.7 Å². The molecule has 7 heteroatoms. The molecule has 2 fully saturated rings. The molecule has 0 saturated carbocycles. The van der Waals surface area contributed by atoms with Gasteiger partial charge in [-0.1, -0.05) is 19.1 Å². The second kappa shape index (κ2) is 7.16. The lowest BCUT2D eigenvalue weighted by molar-refractivity contribution is -0.0397. The summed E-state index contributed by atoms with van der Waals surface area (Å²) in [6.07, 6.45) is 3.99. The van der Waals surface area contributed by atoms with Crippen LogP contribution in [0.2, 0.25) is 0 Å². The number of furan rings is 1. The average molecular weight is 409 g/mol. The number of carbonyl (C=O) groups is 2. The predicted octanol–water partition coefficient (Wildman–Crippen LogP) is 3.18. The number of hydrogen-bond donors (Lipinski definition) is 2. The molecule has 3 aliphatic heterocycles. The molecular formula is C23H27N3O4. The summed E-state index contributed by atoms with van der Waals surface area (Å²) in [7, 11) is 0. The third-order valence-corrected chi connectivity index (χ3v) is 6.48. The van der Waals surface area contributed by atoms with E-state index in [1.54, 1.807) is 6.07 Å². The van der Waals surface area contributed by atoms with Gasteiger partial charge in [-0.3, -0.25) is 9.59 Å². The molecule has 2 aromatic rings. The van der Waals surface area contributed by atoms with E-state index in [0.29, 0.717) is 37.4 Å². The van der Waals surface area contributed by atoms with Crippen molar-refractivity contribution in [3.63, 3.8) is 0 Å². The van der Waals surface area contributed by atoms with Crippen molar-refractivity contribution in [3.05, 3.63) is 53.5 Å². The fraction of sp³-hybridized carbons (Fsp3) is 0.478. The van der Waals surface area contributed by atoms with Gasteiger partial charge in [-0.2, -0.15) is 0 Å². The zero-order chi connectivity index (χ0) is 20.8. The van der Waals surface area contributed by atoms with E-state index in [4.69, 9.17) is 9.15 Å². The van der Waals surface area contributed by atoms with Crippen LogP contribution in [0.15, 0.2) is 40.8 Å². The standard InChI is InChI=1S/C23H27N3O4/c1-2-5-16-8-9-19(30-16)21(28)26-12-10-22(11-13-26)14-23(15-29-22)24-18-7-4-3-6-17(18)20(27)25-23/h3-4,6-9,24H,2,5,10-15H2,1H3,(H,25,27). The number of piperidine rings is 1. The van der Waals surface area contributed by atoms with Crippen LogP contribution in [0.25, 0.3) is 0 Å². The molecule has 4 heterocycles. The molecule has 2 spiro atoms. The van der Waals surface area contributed by atoms with Crippen LogP contribution in [0, 0.1) is 0 Å². The Hall–Kier alpha value is -2.80. The molecule has 1 aromatic carbocycles. The number of anilines is 1. The highest BCUT2D eigenvalue weighted by atomic mass is 16.5. The second-order valence-corrected chi connectivity index (χ2v) is 8.66. The number of nitrogens with one attached hydrogen (secondary N) is 2. The molecule has 2 N–H and O–H groups in total. The first-order valence-electron chi connectivity index (χ1n) is 10.7. The Bertz CT molecular complexity index is 976. The molecule has 2 saturated heterocycles. The summed E-state index contributed by atoms with van der Waals surface area (Å²) in [6, 6.07) is 11.2. The van der Waals surface area contributed by atoms with Crippen LogP contribution >= 0.6 is 0 Å². The van der Waals surface area contributed by atoms with Crippen molar-refractivity contribution in [1.82, 2.24) is 10.2 Å². The lowest BCUT2D eigenvalue weighted by Crippen LogP contribution is -2.59. The third kappa shape index (κ3) is 3.27. The van der Waals surface area contributed by atoms with E-state index in [2.05, 4.69) is 17.6 Å². The van der Waals surface area contributed by atoms with Crippen LogP contribution < -0.4 is 10.6 Å². The van der Waals surface area contributed by atoms with Gasteiger partial charge in [0.25, 0.3) is 11.8 Å². The Kier molecular flexibility index (Phi) is 4.58. The van der Waals surface area contributed by atoms with Crippen molar-refractivity contribution >= 4 is 17.5 Å². The molecule has 5 rings (SSSR count). The fourth-order valence-corrected chi connectivity index (χ4v) is 4.92. The quantitative estimate of drug-likeness (QED) is 0.814. The fourth-order valence-electron chi connectivity index (χ4n) is 4.92. The van der Waals surface area contributed by atoms with Gasteiger partial charge in [-0.05, 0) is 43.5 Å². The molecule has 30 heavy (non-hydrogen) atoms. The summed E-state index contributed by atoms with van der Waals surface area (Å²) >= 11 is 0. The summed E-state index contributed by atoms with van der Waals surface area (Å²) in [5.41, 5.74) is 0.577. The van der Waals surface area contributed by atoms with Crippen LogP contribution in [-0.4, -0.2) is 47.7 Å². The molecule has 0 bridgehead atoms. The molecule has 0 radical (unpaired) electrons. The summed E-state index contributed by atoms with van der Waals surface area (Å²) in [5, 5.41) is 6.62. The highest BCUT2D eigenvalue weighted by molar-refractivity contribution is 6.02. The summed E-state index contributed by atoms with van der Waals surface area (Å²) in [4.78, 5) is 27.3. The van der Waals surface area contributed by atoms with Crippen molar-refractivity contribution < 1.29 is 18.7 Å². The molecule has 1 atom stereocenters. The van der Waals surface area contributed by atoms with Gasteiger partial charge >= 0.3 is 0 Å². The summed E-state index contributed by atoms with van der Waals surface area (Å²) in [6.45, 7) is 3.73. The Morgan fingerprint density at radius 3 is 2.73 bits per heavy atom. The van der Waals surface area contributed by atoms with Crippen molar-refractivity contribution in [3.8, 4) is 0 Å². The maximum atomic E-state index is 12.8. The van der Waals surface area contributed by atoms with E-state index in [-0.39, 0.29) is 17.4 Å². The SMILES string of the molecule is CCCc1ccc(C(=O)N2CCC3(CC2)CC2(CO3)NC(=O)c3ccccc3N2)o1.